The van der Waals surface area contributed by atoms with Crippen LogP contribution in [-0.2, 0) is 4.74 Å². The van der Waals surface area contributed by atoms with Crippen LogP contribution in [0.3, 0.4) is 0 Å². The average Bonchev–Trinajstić information content (AvgIpc) is 2.53. The smallest absolute Gasteiger partial charge is 0.335 e. The monoisotopic (exact) mass is 303 g/mol. The quantitative estimate of drug-likeness (QED) is 0.911. The fourth-order valence-electron chi connectivity index (χ4n) is 3.54. The van der Waals surface area contributed by atoms with E-state index in [9.17, 15) is 9.59 Å². The molecule has 5 nitrogen and oxygen atoms in total. The van der Waals surface area contributed by atoms with Crippen LogP contribution in [0, 0.1) is 6.92 Å². The Balaban J connectivity index is 1.88. The Morgan fingerprint density at radius 3 is 2.68 bits per heavy atom. The maximum Gasteiger partial charge on any atom is 0.335 e. The van der Waals surface area contributed by atoms with E-state index in [1.807, 2.05) is 11.8 Å². The predicted octanol–water partition coefficient (Wildman–Crippen LogP) is 2.48. The summed E-state index contributed by atoms with van der Waals surface area (Å²) in [6, 6.07) is 4.96. The molecule has 1 aromatic rings. The van der Waals surface area contributed by atoms with Crippen molar-refractivity contribution < 1.29 is 19.4 Å². The molecule has 1 heterocycles. The summed E-state index contributed by atoms with van der Waals surface area (Å²) in [5, 5.41) is 9.17. The van der Waals surface area contributed by atoms with Gasteiger partial charge in [-0.15, -0.1) is 0 Å². The number of morpholine rings is 1. The van der Waals surface area contributed by atoms with Gasteiger partial charge in [-0.2, -0.15) is 0 Å². The van der Waals surface area contributed by atoms with E-state index in [0.717, 1.165) is 31.2 Å². The van der Waals surface area contributed by atoms with E-state index in [4.69, 9.17) is 9.84 Å². The molecule has 0 radical (unpaired) electrons. The molecule has 1 aliphatic carbocycles. The Hall–Kier alpha value is -1.88. The van der Waals surface area contributed by atoms with Crippen molar-refractivity contribution in [1.29, 1.82) is 0 Å². The highest BCUT2D eigenvalue weighted by Gasteiger charge is 2.37. The highest BCUT2D eigenvalue weighted by molar-refractivity contribution is 5.98. The van der Waals surface area contributed by atoms with Gasteiger partial charge in [0, 0.05) is 12.1 Å². The van der Waals surface area contributed by atoms with Crippen molar-refractivity contribution in [2.75, 3.05) is 13.2 Å². The molecule has 0 aromatic heterocycles. The first-order valence-electron chi connectivity index (χ1n) is 7.84. The Bertz CT molecular complexity index is 596. The van der Waals surface area contributed by atoms with Gasteiger partial charge in [0.15, 0.2) is 0 Å². The number of fused-ring (bicyclic) bond motifs is 1. The highest BCUT2D eigenvalue weighted by atomic mass is 16.5. The minimum atomic E-state index is -1.00. The second kappa shape index (κ2) is 6.08. The molecular formula is C17H21NO4. The zero-order valence-corrected chi connectivity index (χ0v) is 12.7. The third-order valence-electron chi connectivity index (χ3n) is 4.56. The van der Waals surface area contributed by atoms with Crippen LogP contribution in [0.25, 0.3) is 0 Å². The summed E-state index contributed by atoms with van der Waals surface area (Å²) < 4.78 is 5.80. The second-order valence-electron chi connectivity index (χ2n) is 6.15. The van der Waals surface area contributed by atoms with Crippen molar-refractivity contribution in [3.63, 3.8) is 0 Å². The molecule has 1 amide bonds. The number of aromatic carboxylic acids is 1. The van der Waals surface area contributed by atoms with Gasteiger partial charge in [0.25, 0.3) is 5.91 Å². The number of aryl methyl sites for hydroxylation is 1. The summed E-state index contributed by atoms with van der Waals surface area (Å²) in [4.78, 5) is 25.9. The first kappa shape index (κ1) is 15.0. The normalized spacial score (nSPS) is 24.7. The van der Waals surface area contributed by atoms with Crippen molar-refractivity contribution in [3.05, 3.63) is 34.9 Å². The summed E-state index contributed by atoms with van der Waals surface area (Å²) in [5.74, 6) is -1.08. The van der Waals surface area contributed by atoms with Crippen molar-refractivity contribution >= 4 is 11.9 Å². The standard InChI is InChI=1S/C17H21NO4/c1-11-8-12(10-13(9-11)17(20)21)16(19)18-6-7-22-15-5-3-2-4-14(15)18/h8-10,14-15H,2-7H2,1H3,(H,20,21). The van der Waals surface area contributed by atoms with E-state index < -0.39 is 5.97 Å². The minimum absolute atomic E-state index is 0.0774. The molecule has 1 saturated heterocycles. The van der Waals surface area contributed by atoms with E-state index >= 15 is 0 Å². The fourth-order valence-corrected chi connectivity index (χ4v) is 3.54. The van der Waals surface area contributed by atoms with Crippen molar-refractivity contribution in [2.24, 2.45) is 0 Å². The van der Waals surface area contributed by atoms with Crippen LogP contribution in [0.1, 0.15) is 52.0 Å². The maximum absolute atomic E-state index is 12.9. The lowest BCUT2D eigenvalue weighted by Gasteiger charge is -2.43. The summed E-state index contributed by atoms with van der Waals surface area (Å²) >= 11 is 0. The minimum Gasteiger partial charge on any atom is -0.478 e. The van der Waals surface area contributed by atoms with Crippen LogP contribution in [0.2, 0.25) is 0 Å². The van der Waals surface area contributed by atoms with Crippen LogP contribution >= 0.6 is 0 Å². The number of carbonyl (C=O) groups excluding carboxylic acids is 1. The number of benzene rings is 1. The first-order chi connectivity index (χ1) is 10.6. The number of hydrogen-bond acceptors (Lipinski definition) is 3. The third kappa shape index (κ3) is 2.86. The molecule has 3 rings (SSSR count). The molecule has 0 bridgehead atoms. The molecule has 1 aromatic carbocycles. The van der Waals surface area contributed by atoms with E-state index in [0.29, 0.717) is 18.7 Å². The molecule has 2 atom stereocenters. The Kier molecular flexibility index (Phi) is 4.16. The van der Waals surface area contributed by atoms with E-state index in [2.05, 4.69) is 0 Å². The number of rotatable bonds is 2. The molecule has 1 aliphatic heterocycles. The highest BCUT2D eigenvalue weighted by Crippen LogP contribution is 2.29. The van der Waals surface area contributed by atoms with Gasteiger partial charge in [-0.25, -0.2) is 4.79 Å². The first-order valence-corrected chi connectivity index (χ1v) is 7.84. The van der Waals surface area contributed by atoms with Gasteiger partial charge in [0.1, 0.15) is 0 Å². The van der Waals surface area contributed by atoms with Crippen LogP contribution in [-0.4, -0.2) is 47.2 Å². The van der Waals surface area contributed by atoms with E-state index in [1.165, 1.54) is 6.07 Å². The number of hydrogen-bond donors (Lipinski definition) is 1. The third-order valence-corrected chi connectivity index (χ3v) is 4.56. The molecule has 1 saturated carbocycles. The largest absolute Gasteiger partial charge is 0.478 e. The van der Waals surface area contributed by atoms with Crippen molar-refractivity contribution in [3.8, 4) is 0 Å². The number of carboxylic acid groups (broad SMARTS) is 1. The van der Waals surface area contributed by atoms with Gasteiger partial charge in [-0.1, -0.05) is 12.8 Å². The van der Waals surface area contributed by atoms with E-state index in [1.54, 1.807) is 12.1 Å². The van der Waals surface area contributed by atoms with Crippen LogP contribution in [0.15, 0.2) is 18.2 Å². The van der Waals surface area contributed by atoms with Gasteiger partial charge < -0.3 is 14.7 Å². The predicted molar refractivity (Wildman–Crippen MR) is 81.2 cm³/mol. The Labute approximate surface area is 129 Å². The van der Waals surface area contributed by atoms with Gasteiger partial charge in [0.05, 0.1) is 24.3 Å². The van der Waals surface area contributed by atoms with E-state index in [-0.39, 0.29) is 23.6 Å². The Morgan fingerprint density at radius 2 is 1.91 bits per heavy atom. The Morgan fingerprint density at radius 1 is 1.18 bits per heavy atom. The topological polar surface area (TPSA) is 66.8 Å². The lowest BCUT2D eigenvalue weighted by molar-refractivity contribution is -0.0752. The second-order valence-corrected chi connectivity index (χ2v) is 6.15. The van der Waals surface area contributed by atoms with Gasteiger partial charge in [-0.05, 0) is 43.5 Å². The van der Waals surface area contributed by atoms with Gasteiger partial charge in [-0.3, -0.25) is 4.79 Å². The molecule has 22 heavy (non-hydrogen) atoms. The number of carbonyl (C=O) groups is 2. The molecule has 2 fully saturated rings. The molecular weight excluding hydrogens is 282 g/mol. The number of ether oxygens (including phenoxy) is 1. The van der Waals surface area contributed by atoms with Gasteiger partial charge in [0.2, 0.25) is 0 Å². The van der Waals surface area contributed by atoms with Crippen molar-refractivity contribution in [2.45, 2.75) is 44.8 Å². The SMILES string of the molecule is Cc1cc(C(=O)O)cc(C(=O)N2CCOC3CCCCC32)c1. The number of amides is 1. The number of nitrogens with zero attached hydrogens (tertiary/aromatic N) is 1. The molecule has 2 unspecified atom stereocenters. The lowest BCUT2D eigenvalue weighted by atomic mass is 9.89. The van der Waals surface area contributed by atoms with Crippen LogP contribution in [0.4, 0.5) is 0 Å². The maximum atomic E-state index is 12.9. The summed E-state index contributed by atoms with van der Waals surface area (Å²) in [7, 11) is 0. The van der Waals surface area contributed by atoms with Crippen LogP contribution < -0.4 is 0 Å². The average molecular weight is 303 g/mol. The number of carboxylic acids is 1. The van der Waals surface area contributed by atoms with Crippen LogP contribution in [0.5, 0.6) is 0 Å². The molecule has 1 N–H and O–H groups in total. The fraction of sp³-hybridized carbons (Fsp3) is 0.529. The molecule has 118 valence electrons. The molecule has 2 aliphatic rings. The summed E-state index contributed by atoms with van der Waals surface area (Å²) in [6.45, 7) is 2.95. The zero-order valence-electron chi connectivity index (χ0n) is 12.7. The zero-order chi connectivity index (χ0) is 15.7. The van der Waals surface area contributed by atoms with Gasteiger partial charge >= 0.3 is 5.97 Å². The lowest BCUT2D eigenvalue weighted by Crippen LogP contribution is -2.54. The molecule has 5 heteroatoms. The summed E-state index contributed by atoms with van der Waals surface area (Å²) in [5.41, 5.74) is 1.41. The summed E-state index contributed by atoms with van der Waals surface area (Å²) in [6.07, 6.45) is 4.37. The van der Waals surface area contributed by atoms with Crippen molar-refractivity contribution in [1.82, 2.24) is 4.90 Å². The molecule has 0 spiro atoms.